The SMILES string of the molecule is c1nc(N2CCOCC2)sc1CN1CCC(N2CCNCC2)C1. The van der Waals surface area contributed by atoms with Crippen molar-refractivity contribution in [2.75, 3.05) is 70.5 Å². The van der Waals surface area contributed by atoms with E-state index < -0.39 is 0 Å². The Morgan fingerprint density at radius 3 is 2.83 bits per heavy atom. The lowest BCUT2D eigenvalue weighted by Crippen LogP contribution is -2.49. The van der Waals surface area contributed by atoms with Crippen molar-refractivity contribution in [3.8, 4) is 0 Å². The Morgan fingerprint density at radius 1 is 1.17 bits per heavy atom. The first-order chi connectivity index (χ1) is 11.4. The van der Waals surface area contributed by atoms with Crippen molar-refractivity contribution in [3.63, 3.8) is 0 Å². The van der Waals surface area contributed by atoms with Crippen molar-refractivity contribution in [2.24, 2.45) is 0 Å². The van der Waals surface area contributed by atoms with Crippen LogP contribution in [-0.2, 0) is 11.3 Å². The van der Waals surface area contributed by atoms with E-state index in [9.17, 15) is 0 Å². The highest BCUT2D eigenvalue weighted by atomic mass is 32.1. The number of hydrogen-bond donors (Lipinski definition) is 1. The Bertz CT molecular complexity index is 498. The van der Waals surface area contributed by atoms with Gasteiger partial charge in [-0.05, 0) is 6.42 Å². The van der Waals surface area contributed by atoms with Crippen molar-refractivity contribution >= 4 is 16.5 Å². The second-order valence-corrected chi connectivity index (χ2v) is 7.77. The number of nitrogens with one attached hydrogen (secondary N) is 1. The summed E-state index contributed by atoms with van der Waals surface area (Å²) >= 11 is 1.86. The molecule has 0 aliphatic carbocycles. The molecule has 4 rings (SSSR count). The van der Waals surface area contributed by atoms with Gasteiger partial charge in [-0.3, -0.25) is 9.80 Å². The molecule has 128 valence electrons. The standard InChI is InChI=1S/C16H27N5OS/c1-4-19(12-14(1)20-5-2-17-3-6-20)13-15-11-18-16(23-15)21-7-9-22-10-8-21/h11,14,17H,1-10,12-13H2. The van der Waals surface area contributed by atoms with Crippen LogP contribution in [0, 0.1) is 0 Å². The fourth-order valence-electron chi connectivity index (χ4n) is 3.79. The maximum Gasteiger partial charge on any atom is 0.185 e. The molecule has 3 fully saturated rings. The molecule has 3 aliphatic heterocycles. The number of thiazole rings is 1. The van der Waals surface area contributed by atoms with Crippen LogP contribution in [0.2, 0.25) is 0 Å². The molecule has 23 heavy (non-hydrogen) atoms. The molecule has 4 heterocycles. The third-order valence-electron chi connectivity index (χ3n) is 5.12. The van der Waals surface area contributed by atoms with Gasteiger partial charge in [-0.15, -0.1) is 11.3 Å². The Morgan fingerprint density at radius 2 is 2.00 bits per heavy atom. The quantitative estimate of drug-likeness (QED) is 0.861. The summed E-state index contributed by atoms with van der Waals surface area (Å²) in [4.78, 5) is 13.7. The first kappa shape index (κ1) is 15.8. The summed E-state index contributed by atoms with van der Waals surface area (Å²) in [6.07, 6.45) is 3.39. The Balaban J connectivity index is 1.29. The van der Waals surface area contributed by atoms with Crippen LogP contribution >= 0.6 is 11.3 Å². The molecule has 1 atom stereocenters. The first-order valence-corrected chi connectivity index (χ1v) is 9.65. The van der Waals surface area contributed by atoms with Gasteiger partial charge in [-0.2, -0.15) is 0 Å². The first-order valence-electron chi connectivity index (χ1n) is 8.83. The number of likely N-dealkylation sites (tertiary alicyclic amines) is 1. The number of morpholine rings is 1. The van der Waals surface area contributed by atoms with Crippen molar-refractivity contribution in [1.82, 2.24) is 20.1 Å². The molecule has 1 unspecified atom stereocenters. The average Bonchev–Trinajstić information content (AvgIpc) is 3.27. The van der Waals surface area contributed by atoms with Gasteiger partial charge in [0.25, 0.3) is 0 Å². The van der Waals surface area contributed by atoms with Gasteiger partial charge in [0.1, 0.15) is 0 Å². The predicted molar refractivity (Wildman–Crippen MR) is 93.3 cm³/mol. The normalized spacial score (nSPS) is 27.7. The zero-order valence-corrected chi connectivity index (χ0v) is 14.6. The second kappa shape index (κ2) is 7.44. The molecule has 1 aromatic rings. The molecule has 0 saturated carbocycles. The third kappa shape index (κ3) is 3.85. The topological polar surface area (TPSA) is 43.9 Å². The second-order valence-electron chi connectivity index (χ2n) is 6.67. The van der Waals surface area contributed by atoms with E-state index in [2.05, 4.69) is 31.2 Å². The Hall–Kier alpha value is -0.730. The molecule has 6 nitrogen and oxygen atoms in total. The summed E-state index contributed by atoms with van der Waals surface area (Å²) < 4.78 is 5.42. The van der Waals surface area contributed by atoms with E-state index in [1.807, 2.05) is 11.3 Å². The summed E-state index contributed by atoms with van der Waals surface area (Å²) in [6.45, 7) is 11.8. The molecule has 7 heteroatoms. The minimum Gasteiger partial charge on any atom is -0.378 e. The Kier molecular flexibility index (Phi) is 5.10. The highest BCUT2D eigenvalue weighted by molar-refractivity contribution is 7.15. The van der Waals surface area contributed by atoms with E-state index in [0.717, 1.165) is 52.0 Å². The molecule has 0 bridgehead atoms. The van der Waals surface area contributed by atoms with Gasteiger partial charge in [0.2, 0.25) is 0 Å². The summed E-state index contributed by atoms with van der Waals surface area (Å²) in [6, 6.07) is 0.753. The molecule has 3 aliphatic rings. The van der Waals surface area contributed by atoms with Crippen LogP contribution in [0.5, 0.6) is 0 Å². The minimum absolute atomic E-state index is 0.753. The van der Waals surface area contributed by atoms with Gasteiger partial charge in [0.15, 0.2) is 5.13 Å². The smallest absolute Gasteiger partial charge is 0.185 e. The molecule has 0 radical (unpaired) electrons. The highest BCUT2D eigenvalue weighted by Gasteiger charge is 2.28. The number of anilines is 1. The van der Waals surface area contributed by atoms with E-state index in [1.54, 1.807) is 0 Å². The zero-order chi connectivity index (χ0) is 15.5. The molecule has 1 aromatic heterocycles. The maximum atomic E-state index is 5.42. The van der Waals surface area contributed by atoms with Crippen molar-refractivity contribution in [1.29, 1.82) is 0 Å². The highest BCUT2D eigenvalue weighted by Crippen LogP contribution is 2.26. The van der Waals surface area contributed by atoms with Gasteiger partial charge in [-0.25, -0.2) is 4.98 Å². The van der Waals surface area contributed by atoms with Crippen LogP contribution in [0.4, 0.5) is 5.13 Å². The lowest BCUT2D eigenvalue weighted by Gasteiger charge is -2.32. The Labute approximate surface area is 142 Å². The summed E-state index contributed by atoms with van der Waals surface area (Å²) in [5.41, 5.74) is 0. The van der Waals surface area contributed by atoms with E-state index in [-0.39, 0.29) is 0 Å². The van der Waals surface area contributed by atoms with Crippen LogP contribution < -0.4 is 10.2 Å². The van der Waals surface area contributed by atoms with E-state index >= 15 is 0 Å². The van der Waals surface area contributed by atoms with Crippen molar-refractivity contribution < 1.29 is 4.74 Å². The summed E-state index contributed by atoms with van der Waals surface area (Å²) in [5.74, 6) is 0. The third-order valence-corrected chi connectivity index (χ3v) is 6.16. The molecule has 1 N–H and O–H groups in total. The minimum atomic E-state index is 0.753. The number of ether oxygens (including phenoxy) is 1. The lowest BCUT2D eigenvalue weighted by atomic mass is 10.2. The van der Waals surface area contributed by atoms with Gasteiger partial charge in [0, 0.05) is 76.0 Å². The number of nitrogens with zero attached hydrogens (tertiary/aromatic N) is 4. The van der Waals surface area contributed by atoms with E-state index in [1.165, 1.54) is 42.6 Å². The van der Waals surface area contributed by atoms with Crippen molar-refractivity contribution in [2.45, 2.75) is 19.0 Å². The number of aromatic nitrogens is 1. The van der Waals surface area contributed by atoms with Crippen molar-refractivity contribution in [3.05, 3.63) is 11.1 Å². The van der Waals surface area contributed by atoms with Gasteiger partial charge < -0.3 is 15.0 Å². The fraction of sp³-hybridized carbons (Fsp3) is 0.812. The molecule has 0 amide bonds. The average molecular weight is 337 g/mol. The van der Waals surface area contributed by atoms with E-state index in [0.29, 0.717) is 0 Å². The summed E-state index contributed by atoms with van der Waals surface area (Å²) in [7, 11) is 0. The van der Waals surface area contributed by atoms with Crippen LogP contribution in [0.3, 0.4) is 0 Å². The van der Waals surface area contributed by atoms with Gasteiger partial charge >= 0.3 is 0 Å². The molecular formula is C16H27N5OS. The number of hydrogen-bond acceptors (Lipinski definition) is 7. The van der Waals surface area contributed by atoms with Crippen LogP contribution in [0.1, 0.15) is 11.3 Å². The number of rotatable bonds is 4. The van der Waals surface area contributed by atoms with Crippen LogP contribution in [0.15, 0.2) is 6.20 Å². The largest absolute Gasteiger partial charge is 0.378 e. The molecular weight excluding hydrogens is 310 g/mol. The van der Waals surface area contributed by atoms with Gasteiger partial charge in [0.05, 0.1) is 13.2 Å². The predicted octanol–water partition coefficient (Wildman–Crippen LogP) is 0.459. The van der Waals surface area contributed by atoms with Gasteiger partial charge in [-0.1, -0.05) is 0 Å². The molecule has 3 saturated heterocycles. The lowest BCUT2D eigenvalue weighted by molar-refractivity contribution is 0.122. The fourth-order valence-corrected chi connectivity index (χ4v) is 4.80. The zero-order valence-electron chi connectivity index (χ0n) is 13.7. The van der Waals surface area contributed by atoms with E-state index in [4.69, 9.17) is 4.74 Å². The van der Waals surface area contributed by atoms with Crippen LogP contribution in [-0.4, -0.2) is 86.4 Å². The maximum absolute atomic E-state index is 5.42. The number of piperazine rings is 1. The summed E-state index contributed by atoms with van der Waals surface area (Å²) in [5, 5.41) is 4.62. The monoisotopic (exact) mass is 337 g/mol. The molecule has 0 aromatic carbocycles. The molecule has 0 spiro atoms. The van der Waals surface area contributed by atoms with Crippen LogP contribution in [0.25, 0.3) is 0 Å².